The first kappa shape index (κ1) is 15.9. The molecule has 1 aromatic rings. The van der Waals surface area contributed by atoms with E-state index in [1.807, 2.05) is 6.92 Å². The van der Waals surface area contributed by atoms with E-state index in [-0.39, 0.29) is 4.90 Å². The molecule has 0 amide bonds. The number of nitrogens with zero attached hydrogens (tertiary/aromatic N) is 1. The summed E-state index contributed by atoms with van der Waals surface area (Å²) in [5.41, 5.74) is 6.33. The van der Waals surface area contributed by atoms with Crippen LogP contribution in [0.4, 0.5) is 0 Å². The molecule has 19 heavy (non-hydrogen) atoms. The highest BCUT2D eigenvalue weighted by molar-refractivity contribution is 7.89. The predicted molar refractivity (Wildman–Crippen MR) is 75.6 cm³/mol. The lowest BCUT2D eigenvalue weighted by molar-refractivity contribution is 0.397. The van der Waals surface area contributed by atoms with Crippen molar-refractivity contribution in [1.82, 2.24) is 4.31 Å². The summed E-state index contributed by atoms with van der Waals surface area (Å²) in [5.74, 6) is 0.348. The molecule has 0 heterocycles. The Balaban J connectivity index is 3.18. The summed E-state index contributed by atoms with van der Waals surface area (Å²) < 4.78 is 31.5. The van der Waals surface area contributed by atoms with Gasteiger partial charge in [0.25, 0.3) is 0 Å². The molecule has 0 atom stereocenters. The van der Waals surface area contributed by atoms with Crippen LogP contribution in [0.25, 0.3) is 0 Å². The van der Waals surface area contributed by atoms with Gasteiger partial charge in [0.15, 0.2) is 0 Å². The van der Waals surface area contributed by atoms with Crippen molar-refractivity contribution < 1.29 is 13.2 Å². The maximum atomic E-state index is 12.5. The molecule has 2 N–H and O–H groups in total. The van der Waals surface area contributed by atoms with Crippen LogP contribution in [0, 0.1) is 0 Å². The maximum absolute atomic E-state index is 12.5. The average molecular weight is 286 g/mol. The minimum atomic E-state index is -3.53. The predicted octanol–water partition coefficient (Wildman–Crippen LogP) is 1.57. The fraction of sp³-hybridized carbons (Fsp3) is 0.538. The molecule has 0 saturated carbocycles. The van der Waals surface area contributed by atoms with Crippen molar-refractivity contribution >= 4 is 10.0 Å². The summed E-state index contributed by atoms with van der Waals surface area (Å²) in [6.45, 7) is 2.82. The van der Waals surface area contributed by atoms with E-state index in [4.69, 9.17) is 10.5 Å². The first-order valence-corrected chi connectivity index (χ1v) is 7.74. The van der Waals surface area contributed by atoms with E-state index in [0.29, 0.717) is 18.8 Å². The van der Waals surface area contributed by atoms with Crippen molar-refractivity contribution in [3.63, 3.8) is 0 Å². The van der Waals surface area contributed by atoms with Gasteiger partial charge in [-0.05, 0) is 24.1 Å². The molecule has 0 aromatic heterocycles. The first-order valence-electron chi connectivity index (χ1n) is 6.30. The van der Waals surface area contributed by atoms with Crippen LogP contribution in [-0.2, 0) is 16.6 Å². The number of benzene rings is 1. The monoisotopic (exact) mass is 286 g/mol. The highest BCUT2D eigenvalue weighted by Gasteiger charge is 2.24. The second-order valence-electron chi connectivity index (χ2n) is 4.37. The van der Waals surface area contributed by atoms with Crippen LogP contribution in [-0.4, -0.2) is 33.4 Å². The van der Waals surface area contributed by atoms with Gasteiger partial charge in [0, 0.05) is 20.1 Å². The molecule has 0 saturated heterocycles. The van der Waals surface area contributed by atoms with Gasteiger partial charge in [-0.2, -0.15) is 0 Å². The highest BCUT2D eigenvalue weighted by atomic mass is 32.2. The Hall–Kier alpha value is -1.11. The number of rotatable bonds is 7. The third-order valence-electron chi connectivity index (χ3n) is 2.98. The Kier molecular flexibility index (Phi) is 5.78. The van der Waals surface area contributed by atoms with Gasteiger partial charge in [-0.15, -0.1) is 0 Å². The lowest BCUT2D eigenvalue weighted by Crippen LogP contribution is -2.28. The molecule has 0 bridgehead atoms. The lowest BCUT2D eigenvalue weighted by atomic mass is 10.2. The summed E-state index contributed by atoms with van der Waals surface area (Å²) in [7, 11) is -0.490. The molecular weight excluding hydrogens is 264 g/mol. The van der Waals surface area contributed by atoms with E-state index in [1.54, 1.807) is 25.2 Å². The largest absolute Gasteiger partial charge is 0.495 e. The van der Waals surface area contributed by atoms with Gasteiger partial charge in [-0.1, -0.05) is 19.4 Å². The third kappa shape index (κ3) is 3.68. The zero-order chi connectivity index (χ0) is 14.5. The molecule has 1 rings (SSSR count). The van der Waals surface area contributed by atoms with E-state index >= 15 is 0 Å². The number of ether oxygens (including phenoxy) is 1. The van der Waals surface area contributed by atoms with Crippen LogP contribution in [0.5, 0.6) is 5.75 Å². The van der Waals surface area contributed by atoms with Crippen molar-refractivity contribution in [2.24, 2.45) is 5.73 Å². The Labute approximate surface area is 115 Å². The lowest BCUT2D eigenvalue weighted by Gasteiger charge is -2.19. The molecule has 6 heteroatoms. The summed E-state index contributed by atoms with van der Waals surface area (Å²) in [4.78, 5) is 0.177. The van der Waals surface area contributed by atoms with E-state index in [2.05, 4.69) is 0 Å². The minimum absolute atomic E-state index is 0.177. The maximum Gasteiger partial charge on any atom is 0.246 e. The molecule has 0 aliphatic carbocycles. The highest BCUT2D eigenvalue weighted by Crippen LogP contribution is 2.27. The third-order valence-corrected chi connectivity index (χ3v) is 4.86. The van der Waals surface area contributed by atoms with Crippen LogP contribution in [0.2, 0.25) is 0 Å². The van der Waals surface area contributed by atoms with Gasteiger partial charge in [0.1, 0.15) is 10.6 Å². The molecule has 0 radical (unpaired) electrons. The molecule has 0 aliphatic heterocycles. The number of unbranched alkanes of at least 4 members (excludes halogenated alkanes) is 1. The van der Waals surface area contributed by atoms with Gasteiger partial charge < -0.3 is 10.5 Å². The zero-order valence-corrected chi connectivity index (χ0v) is 12.5. The first-order chi connectivity index (χ1) is 8.97. The second-order valence-corrected chi connectivity index (χ2v) is 6.38. The molecule has 0 fully saturated rings. The van der Waals surface area contributed by atoms with Crippen molar-refractivity contribution in [2.75, 3.05) is 20.7 Å². The zero-order valence-electron chi connectivity index (χ0n) is 11.7. The van der Waals surface area contributed by atoms with E-state index in [1.165, 1.54) is 11.4 Å². The van der Waals surface area contributed by atoms with E-state index in [0.717, 1.165) is 18.4 Å². The summed E-state index contributed by atoms with van der Waals surface area (Å²) >= 11 is 0. The van der Waals surface area contributed by atoms with Crippen LogP contribution in [0.1, 0.15) is 25.3 Å². The van der Waals surface area contributed by atoms with Crippen LogP contribution < -0.4 is 10.5 Å². The quantitative estimate of drug-likeness (QED) is 0.826. The number of nitrogens with two attached hydrogens (primary N) is 1. The van der Waals surface area contributed by atoms with E-state index < -0.39 is 10.0 Å². The standard InChI is InChI=1S/C13H22N2O3S/c1-4-5-8-15(2)19(16,17)13-9-11(10-14)6-7-12(13)18-3/h6-7,9H,4-5,8,10,14H2,1-3H3. The Morgan fingerprint density at radius 3 is 2.58 bits per heavy atom. The van der Waals surface area contributed by atoms with E-state index in [9.17, 15) is 8.42 Å². The normalized spacial score (nSPS) is 11.8. The van der Waals surface area contributed by atoms with Gasteiger partial charge >= 0.3 is 0 Å². The minimum Gasteiger partial charge on any atom is -0.495 e. The smallest absolute Gasteiger partial charge is 0.246 e. The van der Waals surface area contributed by atoms with Gasteiger partial charge in [-0.3, -0.25) is 0 Å². The fourth-order valence-electron chi connectivity index (χ4n) is 1.72. The van der Waals surface area contributed by atoms with Crippen LogP contribution >= 0.6 is 0 Å². The number of hydrogen-bond donors (Lipinski definition) is 1. The van der Waals surface area contributed by atoms with Crippen molar-refractivity contribution in [3.8, 4) is 5.75 Å². The molecule has 1 aromatic carbocycles. The molecule has 0 aliphatic rings. The SMILES string of the molecule is CCCCN(C)S(=O)(=O)c1cc(CN)ccc1OC. The van der Waals surface area contributed by atoms with Crippen molar-refractivity contribution in [3.05, 3.63) is 23.8 Å². The van der Waals surface area contributed by atoms with Gasteiger partial charge in [-0.25, -0.2) is 12.7 Å². The number of methoxy groups -OCH3 is 1. The fourth-order valence-corrected chi connectivity index (χ4v) is 3.13. The van der Waals surface area contributed by atoms with Gasteiger partial charge in [0.05, 0.1) is 7.11 Å². The number of sulfonamides is 1. The van der Waals surface area contributed by atoms with Crippen molar-refractivity contribution in [1.29, 1.82) is 0 Å². The summed E-state index contributed by atoms with van der Waals surface area (Å²) in [5, 5.41) is 0. The van der Waals surface area contributed by atoms with Crippen molar-refractivity contribution in [2.45, 2.75) is 31.2 Å². The molecule has 0 unspecified atom stereocenters. The summed E-state index contributed by atoms with van der Waals surface area (Å²) in [6.07, 6.45) is 1.77. The number of hydrogen-bond acceptors (Lipinski definition) is 4. The second kappa shape index (κ2) is 6.88. The molecule has 108 valence electrons. The molecular formula is C13H22N2O3S. The van der Waals surface area contributed by atoms with Gasteiger partial charge in [0.2, 0.25) is 10.0 Å². The summed E-state index contributed by atoms with van der Waals surface area (Å²) in [6, 6.07) is 4.99. The average Bonchev–Trinajstić information content (AvgIpc) is 2.43. The topological polar surface area (TPSA) is 72.6 Å². The van der Waals surface area contributed by atoms with Crippen LogP contribution in [0.3, 0.4) is 0 Å². The Morgan fingerprint density at radius 1 is 1.37 bits per heavy atom. The Bertz CT molecular complexity index is 515. The van der Waals surface area contributed by atoms with Crippen LogP contribution in [0.15, 0.2) is 23.1 Å². The molecule has 5 nitrogen and oxygen atoms in total. The molecule has 0 spiro atoms. The Morgan fingerprint density at radius 2 is 2.05 bits per heavy atom.